The lowest BCUT2D eigenvalue weighted by molar-refractivity contribution is -0.140. The molecule has 0 saturated carbocycles. The zero-order valence-corrected chi connectivity index (χ0v) is 19.3. The molecule has 0 aromatic heterocycles. The highest BCUT2D eigenvalue weighted by Crippen LogP contribution is 2.25. The molecule has 1 atom stereocenters. The highest BCUT2D eigenvalue weighted by molar-refractivity contribution is 6.42. The molecule has 2 amide bonds. The van der Waals surface area contributed by atoms with Crippen LogP contribution in [0.3, 0.4) is 0 Å². The Bertz CT molecular complexity index is 902. The van der Waals surface area contributed by atoms with E-state index in [2.05, 4.69) is 5.32 Å². The van der Waals surface area contributed by atoms with Crippen molar-refractivity contribution in [3.05, 3.63) is 67.6 Å². The van der Waals surface area contributed by atoms with Gasteiger partial charge in [-0.3, -0.25) is 9.59 Å². The van der Waals surface area contributed by atoms with Crippen LogP contribution in [-0.4, -0.2) is 28.8 Å². The van der Waals surface area contributed by atoms with E-state index in [0.717, 1.165) is 5.56 Å². The van der Waals surface area contributed by atoms with Gasteiger partial charge in [-0.05, 0) is 56.2 Å². The number of carbonyl (C=O) groups excluding carboxylic acids is 2. The zero-order valence-electron chi connectivity index (χ0n) is 16.3. The molecule has 4 nitrogen and oxygen atoms in total. The van der Waals surface area contributed by atoms with E-state index in [9.17, 15) is 9.59 Å². The number of rotatable bonds is 7. The molecular formula is C21H22Cl4N2O2. The standard InChI is InChI=1S/C21H22Cl4N2O2/c1-12(2)26-21(29)13(3)27(11-14-4-7-17(23)19(25)8-14)20(28)9-15-5-6-16(22)10-18(15)24/h4-8,10,12-13H,9,11H2,1-3H3,(H,26,29). The van der Waals surface area contributed by atoms with E-state index in [0.29, 0.717) is 25.7 Å². The summed E-state index contributed by atoms with van der Waals surface area (Å²) < 4.78 is 0. The van der Waals surface area contributed by atoms with Crippen LogP contribution in [-0.2, 0) is 22.6 Å². The van der Waals surface area contributed by atoms with Gasteiger partial charge in [0.25, 0.3) is 0 Å². The number of halogens is 4. The van der Waals surface area contributed by atoms with Gasteiger partial charge in [-0.15, -0.1) is 0 Å². The number of nitrogens with zero attached hydrogens (tertiary/aromatic N) is 1. The van der Waals surface area contributed by atoms with E-state index < -0.39 is 6.04 Å². The Kier molecular flexibility index (Phi) is 8.65. The Hall–Kier alpha value is -1.46. The fourth-order valence-electron chi connectivity index (χ4n) is 2.75. The molecule has 156 valence electrons. The smallest absolute Gasteiger partial charge is 0.242 e. The van der Waals surface area contributed by atoms with Crippen molar-refractivity contribution in [2.75, 3.05) is 0 Å². The van der Waals surface area contributed by atoms with Crippen LogP contribution in [0, 0.1) is 0 Å². The van der Waals surface area contributed by atoms with Crippen LogP contribution in [0.25, 0.3) is 0 Å². The number of hydrogen-bond acceptors (Lipinski definition) is 2. The van der Waals surface area contributed by atoms with Crippen molar-refractivity contribution in [1.29, 1.82) is 0 Å². The third kappa shape index (κ3) is 6.78. The molecule has 2 aromatic rings. The summed E-state index contributed by atoms with van der Waals surface area (Å²) in [6.45, 7) is 5.62. The molecule has 0 aliphatic carbocycles. The van der Waals surface area contributed by atoms with Crippen molar-refractivity contribution in [2.24, 2.45) is 0 Å². The molecule has 0 spiro atoms. The largest absolute Gasteiger partial charge is 0.352 e. The van der Waals surface area contributed by atoms with Gasteiger partial charge in [0, 0.05) is 22.6 Å². The lowest BCUT2D eigenvalue weighted by Crippen LogP contribution is -2.49. The molecular weight excluding hydrogens is 454 g/mol. The first kappa shape index (κ1) is 23.8. The molecule has 29 heavy (non-hydrogen) atoms. The van der Waals surface area contributed by atoms with Crippen LogP contribution in [0.4, 0.5) is 0 Å². The molecule has 0 bridgehead atoms. The zero-order chi connectivity index (χ0) is 21.7. The third-order valence-corrected chi connectivity index (χ3v) is 5.62. The van der Waals surface area contributed by atoms with Crippen LogP contribution in [0.1, 0.15) is 31.9 Å². The maximum atomic E-state index is 13.1. The Labute approximate surface area is 191 Å². The number of nitrogens with one attached hydrogen (secondary N) is 1. The number of benzene rings is 2. The highest BCUT2D eigenvalue weighted by Gasteiger charge is 2.27. The van der Waals surface area contributed by atoms with Crippen molar-refractivity contribution >= 4 is 58.2 Å². The van der Waals surface area contributed by atoms with E-state index in [4.69, 9.17) is 46.4 Å². The highest BCUT2D eigenvalue weighted by atomic mass is 35.5. The number of hydrogen-bond donors (Lipinski definition) is 1. The van der Waals surface area contributed by atoms with Crippen molar-refractivity contribution < 1.29 is 9.59 Å². The molecule has 8 heteroatoms. The van der Waals surface area contributed by atoms with Gasteiger partial charge in [0.05, 0.1) is 16.5 Å². The van der Waals surface area contributed by atoms with E-state index in [1.165, 1.54) is 4.90 Å². The predicted octanol–water partition coefficient (Wildman–Crippen LogP) is 5.78. The lowest BCUT2D eigenvalue weighted by Gasteiger charge is -2.29. The second-order valence-electron chi connectivity index (χ2n) is 7.02. The minimum atomic E-state index is -0.689. The van der Waals surface area contributed by atoms with Crippen molar-refractivity contribution in [3.8, 4) is 0 Å². The summed E-state index contributed by atoms with van der Waals surface area (Å²) in [4.78, 5) is 27.2. The Morgan fingerprint density at radius 3 is 2.21 bits per heavy atom. The summed E-state index contributed by atoms with van der Waals surface area (Å²) in [5.74, 6) is -0.484. The summed E-state index contributed by atoms with van der Waals surface area (Å²) in [6.07, 6.45) is 0.0383. The Balaban J connectivity index is 2.30. The van der Waals surface area contributed by atoms with E-state index in [1.54, 1.807) is 43.3 Å². The topological polar surface area (TPSA) is 49.4 Å². The maximum absolute atomic E-state index is 13.1. The molecule has 0 radical (unpaired) electrons. The van der Waals surface area contributed by atoms with E-state index in [1.807, 2.05) is 13.8 Å². The predicted molar refractivity (Wildman–Crippen MR) is 120 cm³/mol. The Morgan fingerprint density at radius 1 is 0.931 bits per heavy atom. The Morgan fingerprint density at radius 2 is 1.62 bits per heavy atom. The first-order valence-corrected chi connectivity index (χ1v) is 10.6. The molecule has 0 saturated heterocycles. The minimum Gasteiger partial charge on any atom is -0.352 e. The molecule has 2 aromatic carbocycles. The van der Waals surface area contributed by atoms with E-state index in [-0.39, 0.29) is 30.8 Å². The molecule has 0 aliphatic heterocycles. The normalized spacial score (nSPS) is 12.0. The monoisotopic (exact) mass is 474 g/mol. The van der Waals surface area contributed by atoms with Gasteiger partial charge in [-0.25, -0.2) is 0 Å². The van der Waals surface area contributed by atoms with Gasteiger partial charge >= 0.3 is 0 Å². The van der Waals surface area contributed by atoms with Gasteiger partial charge in [0.1, 0.15) is 6.04 Å². The van der Waals surface area contributed by atoms with Crippen molar-refractivity contribution in [2.45, 2.75) is 45.8 Å². The van der Waals surface area contributed by atoms with Crippen LogP contribution in [0.2, 0.25) is 20.1 Å². The number of carbonyl (C=O) groups is 2. The average molecular weight is 476 g/mol. The van der Waals surface area contributed by atoms with Crippen LogP contribution in [0.5, 0.6) is 0 Å². The average Bonchev–Trinajstić information content (AvgIpc) is 2.63. The van der Waals surface area contributed by atoms with Gasteiger partial charge in [-0.2, -0.15) is 0 Å². The summed E-state index contributed by atoms with van der Waals surface area (Å²) in [7, 11) is 0. The van der Waals surface area contributed by atoms with Gasteiger partial charge < -0.3 is 10.2 Å². The first-order valence-electron chi connectivity index (χ1n) is 9.06. The minimum absolute atomic E-state index is 0.0383. The molecule has 0 fully saturated rings. The lowest BCUT2D eigenvalue weighted by atomic mass is 10.1. The van der Waals surface area contributed by atoms with Crippen molar-refractivity contribution in [3.63, 3.8) is 0 Å². The molecule has 2 rings (SSSR count). The number of amides is 2. The molecule has 1 N–H and O–H groups in total. The van der Waals surface area contributed by atoms with Gasteiger partial charge in [0.2, 0.25) is 11.8 Å². The fraction of sp³-hybridized carbons (Fsp3) is 0.333. The van der Waals surface area contributed by atoms with Crippen LogP contribution >= 0.6 is 46.4 Å². The second-order valence-corrected chi connectivity index (χ2v) is 8.68. The van der Waals surface area contributed by atoms with Crippen LogP contribution in [0.15, 0.2) is 36.4 Å². The van der Waals surface area contributed by atoms with Crippen molar-refractivity contribution in [1.82, 2.24) is 10.2 Å². The first-order chi connectivity index (χ1) is 13.6. The van der Waals surface area contributed by atoms with Crippen LogP contribution < -0.4 is 5.32 Å². The molecule has 1 unspecified atom stereocenters. The van der Waals surface area contributed by atoms with Gasteiger partial charge in [0.15, 0.2) is 0 Å². The molecule has 0 aliphatic rings. The second kappa shape index (κ2) is 10.5. The van der Waals surface area contributed by atoms with E-state index >= 15 is 0 Å². The third-order valence-electron chi connectivity index (χ3n) is 4.29. The molecule has 0 heterocycles. The summed E-state index contributed by atoms with van der Waals surface area (Å²) in [6, 6.07) is 9.36. The summed E-state index contributed by atoms with van der Waals surface area (Å²) >= 11 is 24.3. The summed E-state index contributed by atoms with van der Waals surface area (Å²) in [5, 5.41) is 4.54. The maximum Gasteiger partial charge on any atom is 0.242 e. The summed E-state index contributed by atoms with van der Waals surface area (Å²) in [5.41, 5.74) is 1.40. The quantitative estimate of drug-likeness (QED) is 0.551. The van der Waals surface area contributed by atoms with Gasteiger partial charge in [-0.1, -0.05) is 58.5 Å². The SMILES string of the molecule is CC(C)NC(=O)C(C)N(Cc1ccc(Cl)c(Cl)c1)C(=O)Cc1ccc(Cl)cc1Cl. The fourth-order valence-corrected chi connectivity index (χ4v) is 3.55.